The highest BCUT2D eigenvalue weighted by Gasteiger charge is 2.36. The molecule has 0 spiro atoms. The molecule has 0 amide bonds. The Morgan fingerprint density at radius 2 is 1.86 bits per heavy atom. The van der Waals surface area contributed by atoms with Crippen molar-refractivity contribution >= 4 is 0 Å². The van der Waals surface area contributed by atoms with Gasteiger partial charge in [0.2, 0.25) is 0 Å². The van der Waals surface area contributed by atoms with Gasteiger partial charge in [0.15, 0.2) is 0 Å². The third-order valence-corrected chi connectivity index (χ3v) is 2.82. The normalized spacial score (nSPS) is 38.2. The standard InChI is InChI=1S/C9H17NO4/c10-8-1-5(2-11)6(3-12)7(4-13)9(8)14/h1,6-9,11-14H,2-4,10H2/t6-,7-,8-,9-/m0/s1. The van der Waals surface area contributed by atoms with Crippen molar-refractivity contribution < 1.29 is 20.4 Å². The van der Waals surface area contributed by atoms with Crippen molar-refractivity contribution in [3.8, 4) is 0 Å². The average Bonchev–Trinajstić information content (AvgIpc) is 2.20. The van der Waals surface area contributed by atoms with Gasteiger partial charge in [0, 0.05) is 24.5 Å². The van der Waals surface area contributed by atoms with Crippen LogP contribution in [0.15, 0.2) is 11.6 Å². The van der Waals surface area contributed by atoms with Crippen LogP contribution in [0, 0.1) is 11.8 Å². The van der Waals surface area contributed by atoms with Crippen LogP contribution in [-0.2, 0) is 0 Å². The summed E-state index contributed by atoms with van der Waals surface area (Å²) >= 11 is 0. The van der Waals surface area contributed by atoms with Gasteiger partial charge in [-0.3, -0.25) is 0 Å². The van der Waals surface area contributed by atoms with Crippen LogP contribution in [0.25, 0.3) is 0 Å². The fraction of sp³-hybridized carbons (Fsp3) is 0.778. The van der Waals surface area contributed by atoms with Crippen molar-refractivity contribution in [1.82, 2.24) is 0 Å². The Hall–Kier alpha value is -0.460. The molecule has 5 nitrogen and oxygen atoms in total. The van der Waals surface area contributed by atoms with Gasteiger partial charge in [-0.25, -0.2) is 0 Å². The van der Waals surface area contributed by atoms with Gasteiger partial charge in [-0.05, 0) is 5.57 Å². The van der Waals surface area contributed by atoms with E-state index in [0.717, 1.165) is 0 Å². The van der Waals surface area contributed by atoms with Crippen LogP contribution >= 0.6 is 0 Å². The number of hydrogen-bond acceptors (Lipinski definition) is 5. The molecule has 0 aromatic heterocycles. The van der Waals surface area contributed by atoms with Gasteiger partial charge in [0.05, 0.1) is 19.3 Å². The minimum absolute atomic E-state index is 0.206. The summed E-state index contributed by atoms with van der Waals surface area (Å²) < 4.78 is 0. The fourth-order valence-corrected chi connectivity index (χ4v) is 1.93. The van der Waals surface area contributed by atoms with E-state index in [-0.39, 0.29) is 19.8 Å². The van der Waals surface area contributed by atoms with E-state index in [4.69, 9.17) is 21.1 Å². The molecular weight excluding hydrogens is 186 g/mol. The lowest BCUT2D eigenvalue weighted by molar-refractivity contribution is 0.00673. The summed E-state index contributed by atoms with van der Waals surface area (Å²) in [6.07, 6.45) is 0.685. The van der Waals surface area contributed by atoms with E-state index >= 15 is 0 Å². The summed E-state index contributed by atoms with van der Waals surface area (Å²) in [5, 5.41) is 36.8. The van der Waals surface area contributed by atoms with Crippen LogP contribution < -0.4 is 5.73 Å². The van der Waals surface area contributed by atoms with Crippen molar-refractivity contribution in [1.29, 1.82) is 0 Å². The van der Waals surface area contributed by atoms with Gasteiger partial charge in [-0.1, -0.05) is 6.08 Å². The van der Waals surface area contributed by atoms with Crippen molar-refractivity contribution in [2.75, 3.05) is 19.8 Å². The molecule has 0 heterocycles. The zero-order valence-corrected chi connectivity index (χ0v) is 7.87. The molecule has 0 aromatic carbocycles. The minimum atomic E-state index is -0.868. The second-order valence-electron chi connectivity index (χ2n) is 3.60. The third kappa shape index (κ3) is 1.97. The first-order chi connectivity index (χ1) is 6.65. The van der Waals surface area contributed by atoms with E-state index in [1.54, 1.807) is 6.08 Å². The fourth-order valence-electron chi connectivity index (χ4n) is 1.93. The smallest absolute Gasteiger partial charge is 0.0783 e. The van der Waals surface area contributed by atoms with Crippen LogP contribution in [0.1, 0.15) is 0 Å². The Labute approximate surface area is 82.5 Å². The number of hydrogen-bond donors (Lipinski definition) is 5. The van der Waals surface area contributed by atoms with Crippen molar-refractivity contribution in [2.45, 2.75) is 12.1 Å². The molecule has 1 aliphatic carbocycles. The third-order valence-electron chi connectivity index (χ3n) is 2.82. The van der Waals surface area contributed by atoms with Gasteiger partial charge in [0.1, 0.15) is 0 Å². The van der Waals surface area contributed by atoms with E-state index < -0.39 is 24.0 Å². The molecule has 0 fully saturated rings. The van der Waals surface area contributed by atoms with E-state index in [9.17, 15) is 5.11 Å². The molecule has 0 unspecified atom stereocenters. The summed E-state index contributed by atoms with van der Waals surface area (Å²) in [4.78, 5) is 0. The Kier molecular flexibility index (Phi) is 4.03. The van der Waals surface area contributed by atoms with Crippen molar-refractivity contribution in [2.24, 2.45) is 17.6 Å². The second kappa shape index (κ2) is 4.86. The molecule has 6 N–H and O–H groups in total. The predicted octanol–water partition coefficient (Wildman–Crippen LogP) is -2.18. The van der Waals surface area contributed by atoms with Gasteiger partial charge in [-0.2, -0.15) is 0 Å². The average molecular weight is 203 g/mol. The summed E-state index contributed by atoms with van der Waals surface area (Å²) in [5.41, 5.74) is 6.18. The highest BCUT2D eigenvalue weighted by molar-refractivity contribution is 5.19. The monoisotopic (exact) mass is 203 g/mol. The SMILES string of the molecule is N[C@H]1C=C(CO)[C@H](CO)[C@H](CO)[C@@H]1O. The summed E-state index contributed by atoms with van der Waals surface area (Å²) in [7, 11) is 0. The summed E-state index contributed by atoms with van der Waals surface area (Å²) in [6, 6.07) is -0.586. The van der Waals surface area contributed by atoms with E-state index in [1.165, 1.54) is 0 Å². The first-order valence-electron chi connectivity index (χ1n) is 4.62. The number of aliphatic hydroxyl groups is 4. The van der Waals surface area contributed by atoms with Crippen molar-refractivity contribution in [3.05, 3.63) is 11.6 Å². The van der Waals surface area contributed by atoms with E-state index in [1.807, 2.05) is 0 Å². The molecule has 0 radical (unpaired) electrons. The van der Waals surface area contributed by atoms with Gasteiger partial charge in [0.25, 0.3) is 0 Å². The predicted molar refractivity (Wildman–Crippen MR) is 50.3 cm³/mol. The number of rotatable bonds is 3. The maximum atomic E-state index is 9.63. The zero-order valence-electron chi connectivity index (χ0n) is 7.87. The van der Waals surface area contributed by atoms with Gasteiger partial charge in [-0.15, -0.1) is 0 Å². The zero-order chi connectivity index (χ0) is 10.7. The Bertz CT molecular complexity index is 219. The molecule has 0 bridgehead atoms. The van der Waals surface area contributed by atoms with Gasteiger partial charge >= 0.3 is 0 Å². The van der Waals surface area contributed by atoms with Crippen molar-refractivity contribution in [3.63, 3.8) is 0 Å². The number of aliphatic hydroxyl groups excluding tert-OH is 4. The molecule has 82 valence electrons. The minimum Gasteiger partial charge on any atom is -0.396 e. The molecule has 0 saturated carbocycles. The maximum Gasteiger partial charge on any atom is 0.0783 e. The van der Waals surface area contributed by atoms with Crippen LogP contribution in [0.3, 0.4) is 0 Å². The highest BCUT2D eigenvalue weighted by Crippen LogP contribution is 2.29. The molecule has 0 aliphatic heterocycles. The van der Waals surface area contributed by atoms with Crippen LogP contribution in [-0.4, -0.2) is 52.4 Å². The Morgan fingerprint density at radius 1 is 1.21 bits per heavy atom. The maximum absolute atomic E-state index is 9.63. The largest absolute Gasteiger partial charge is 0.396 e. The first-order valence-corrected chi connectivity index (χ1v) is 4.62. The second-order valence-corrected chi connectivity index (χ2v) is 3.60. The van der Waals surface area contributed by atoms with E-state index in [0.29, 0.717) is 5.57 Å². The lowest BCUT2D eigenvalue weighted by Crippen LogP contribution is -2.48. The van der Waals surface area contributed by atoms with Crippen LogP contribution in [0.4, 0.5) is 0 Å². The number of nitrogens with two attached hydrogens (primary N) is 1. The molecule has 0 saturated heterocycles. The summed E-state index contributed by atoms with van der Waals surface area (Å²) in [5.74, 6) is -0.901. The topological polar surface area (TPSA) is 107 Å². The molecular formula is C9H17NO4. The lowest BCUT2D eigenvalue weighted by Gasteiger charge is -2.36. The Morgan fingerprint density at radius 3 is 2.29 bits per heavy atom. The summed E-state index contributed by atoms with van der Waals surface area (Å²) in [6.45, 7) is -0.666. The van der Waals surface area contributed by atoms with Crippen LogP contribution in [0.2, 0.25) is 0 Å². The highest BCUT2D eigenvalue weighted by atomic mass is 16.3. The van der Waals surface area contributed by atoms with E-state index in [2.05, 4.69) is 0 Å². The Balaban J connectivity index is 2.91. The molecule has 4 atom stereocenters. The van der Waals surface area contributed by atoms with Gasteiger partial charge < -0.3 is 26.2 Å². The first kappa shape index (κ1) is 11.6. The lowest BCUT2D eigenvalue weighted by atomic mass is 9.76. The molecule has 5 heteroatoms. The quantitative estimate of drug-likeness (QED) is 0.335. The molecule has 14 heavy (non-hydrogen) atoms. The molecule has 1 aliphatic rings. The molecule has 1 rings (SSSR count). The molecule has 0 aromatic rings. The van der Waals surface area contributed by atoms with Crippen LogP contribution in [0.5, 0.6) is 0 Å².